The van der Waals surface area contributed by atoms with Crippen molar-refractivity contribution in [1.29, 1.82) is 0 Å². The van der Waals surface area contributed by atoms with Gasteiger partial charge in [-0.3, -0.25) is 14.4 Å². The maximum atomic E-state index is 13.2. The Morgan fingerprint density at radius 3 is 2.31 bits per heavy atom. The highest BCUT2D eigenvalue weighted by atomic mass is 19.1. The molecule has 2 aromatic carbocycles. The first-order valence-electron chi connectivity index (χ1n) is 10.9. The summed E-state index contributed by atoms with van der Waals surface area (Å²) in [5.41, 5.74) is 2.50. The topological polar surface area (TPSA) is 94.9 Å². The summed E-state index contributed by atoms with van der Waals surface area (Å²) in [5.74, 6) is -2.86. The minimum Gasteiger partial charge on any atom is -0.454 e. The smallest absolute Gasteiger partial charge is 0.338 e. The lowest BCUT2D eigenvalue weighted by atomic mass is 10.1. The standard InChI is InChI=1S/C26H23FN2O6/c1-15-12-21(16(2)28(15)10-11-34-3)23(30)14-35-26(33)17-4-9-20-22(13-17)25(32)29(24(20)31)19-7-5-18(27)6-8-19/h4-9,12-13H,10-11,14H2,1-3H3. The van der Waals surface area contributed by atoms with Crippen LogP contribution in [0, 0.1) is 19.7 Å². The molecular formula is C26H23FN2O6. The number of nitrogens with zero attached hydrogens (tertiary/aromatic N) is 2. The van der Waals surface area contributed by atoms with Crippen molar-refractivity contribution in [3.05, 3.63) is 88.0 Å². The summed E-state index contributed by atoms with van der Waals surface area (Å²) in [6.45, 7) is 4.31. The van der Waals surface area contributed by atoms with Crippen LogP contribution in [-0.4, -0.2) is 48.5 Å². The summed E-state index contributed by atoms with van der Waals surface area (Å²) in [7, 11) is 1.60. The van der Waals surface area contributed by atoms with E-state index in [0.29, 0.717) is 18.7 Å². The van der Waals surface area contributed by atoms with Crippen LogP contribution in [0.1, 0.15) is 52.8 Å². The first-order chi connectivity index (χ1) is 16.7. The van der Waals surface area contributed by atoms with Crippen LogP contribution in [0.5, 0.6) is 0 Å². The number of fused-ring (bicyclic) bond motifs is 1. The molecule has 8 nitrogen and oxygen atoms in total. The second-order valence-corrected chi connectivity index (χ2v) is 8.11. The van der Waals surface area contributed by atoms with E-state index >= 15 is 0 Å². The van der Waals surface area contributed by atoms with Gasteiger partial charge in [-0.25, -0.2) is 14.1 Å². The monoisotopic (exact) mass is 478 g/mol. The molecule has 0 bridgehead atoms. The van der Waals surface area contributed by atoms with E-state index in [1.807, 2.05) is 18.4 Å². The van der Waals surface area contributed by atoms with Crippen molar-refractivity contribution >= 4 is 29.3 Å². The molecule has 2 heterocycles. The predicted octanol–water partition coefficient (Wildman–Crippen LogP) is 3.73. The number of carbonyl (C=O) groups excluding carboxylic acids is 4. The zero-order chi connectivity index (χ0) is 25.3. The van der Waals surface area contributed by atoms with Crippen LogP contribution in [0.4, 0.5) is 10.1 Å². The van der Waals surface area contributed by atoms with E-state index in [0.717, 1.165) is 28.4 Å². The number of anilines is 1. The number of benzene rings is 2. The van der Waals surface area contributed by atoms with Gasteiger partial charge in [0, 0.05) is 30.6 Å². The summed E-state index contributed by atoms with van der Waals surface area (Å²) < 4.78 is 25.5. The highest BCUT2D eigenvalue weighted by Crippen LogP contribution is 2.29. The van der Waals surface area contributed by atoms with Crippen molar-refractivity contribution in [2.45, 2.75) is 20.4 Å². The van der Waals surface area contributed by atoms with Gasteiger partial charge in [0.25, 0.3) is 11.8 Å². The molecule has 0 fully saturated rings. The number of amides is 2. The van der Waals surface area contributed by atoms with E-state index < -0.39 is 30.2 Å². The third-order valence-electron chi connectivity index (χ3n) is 5.93. The zero-order valence-electron chi connectivity index (χ0n) is 19.5. The van der Waals surface area contributed by atoms with Gasteiger partial charge in [0.1, 0.15) is 5.82 Å². The number of ether oxygens (including phenoxy) is 2. The molecule has 1 aromatic heterocycles. The molecule has 0 saturated heterocycles. The Kier molecular flexibility index (Phi) is 6.61. The van der Waals surface area contributed by atoms with Crippen LogP contribution in [0.15, 0.2) is 48.5 Å². The van der Waals surface area contributed by atoms with E-state index in [1.165, 1.54) is 30.3 Å². The maximum Gasteiger partial charge on any atom is 0.338 e. The molecule has 0 saturated carbocycles. The lowest BCUT2D eigenvalue weighted by Gasteiger charge is -2.13. The van der Waals surface area contributed by atoms with Crippen molar-refractivity contribution in [3.8, 4) is 0 Å². The number of methoxy groups -OCH3 is 1. The van der Waals surface area contributed by atoms with E-state index in [-0.39, 0.29) is 28.2 Å². The molecule has 35 heavy (non-hydrogen) atoms. The van der Waals surface area contributed by atoms with Crippen molar-refractivity contribution in [2.75, 3.05) is 25.2 Å². The molecule has 180 valence electrons. The number of rotatable bonds is 8. The number of aromatic nitrogens is 1. The number of esters is 1. The summed E-state index contributed by atoms with van der Waals surface area (Å²) in [4.78, 5) is 51.8. The normalized spacial score (nSPS) is 12.7. The van der Waals surface area contributed by atoms with Gasteiger partial charge >= 0.3 is 5.97 Å². The fraction of sp³-hybridized carbons (Fsp3) is 0.231. The molecule has 0 radical (unpaired) electrons. The van der Waals surface area contributed by atoms with Gasteiger partial charge in [0.15, 0.2) is 6.61 Å². The lowest BCUT2D eigenvalue weighted by molar-refractivity contribution is 0.0474. The Morgan fingerprint density at radius 2 is 1.63 bits per heavy atom. The average molecular weight is 478 g/mol. The van der Waals surface area contributed by atoms with Crippen LogP contribution in [0.25, 0.3) is 0 Å². The van der Waals surface area contributed by atoms with Crippen molar-refractivity contribution in [3.63, 3.8) is 0 Å². The quantitative estimate of drug-likeness (QED) is 0.278. The van der Waals surface area contributed by atoms with Crippen molar-refractivity contribution in [2.24, 2.45) is 0 Å². The molecule has 9 heteroatoms. The molecule has 1 aliphatic heterocycles. The second-order valence-electron chi connectivity index (χ2n) is 8.11. The minimum atomic E-state index is -0.796. The zero-order valence-corrected chi connectivity index (χ0v) is 19.5. The van der Waals surface area contributed by atoms with Gasteiger partial charge in [-0.15, -0.1) is 0 Å². The van der Waals surface area contributed by atoms with Crippen LogP contribution in [0.2, 0.25) is 0 Å². The van der Waals surface area contributed by atoms with Crippen molar-refractivity contribution in [1.82, 2.24) is 4.57 Å². The number of Topliss-reactive ketones (excluding diaryl/α,β-unsaturated/α-hetero) is 1. The van der Waals surface area contributed by atoms with Gasteiger partial charge in [-0.2, -0.15) is 0 Å². The van der Waals surface area contributed by atoms with Gasteiger partial charge in [0.05, 0.1) is 29.0 Å². The maximum absolute atomic E-state index is 13.2. The van der Waals surface area contributed by atoms with Gasteiger partial charge in [0.2, 0.25) is 5.78 Å². The third kappa shape index (κ3) is 4.50. The number of carbonyl (C=O) groups is 4. The number of hydrogen-bond acceptors (Lipinski definition) is 6. The van der Waals surface area contributed by atoms with E-state index in [9.17, 15) is 23.6 Å². The molecule has 0 aliphatic carbocycles. The molecule has 0 atom stereocenters. The number of imide groups is 1. The van der Waals surface area contributed by atoms with Gasteiger partial charge in [-0.1, -0.05) is 0 Å². The highest BCUT2D eigenvalue weighted by molar-refractivity contribution is 6.34. The summed E-state index contributed by atoms with van der Waals surface area (Å²) in [6.07, 6.45) is 0. The Morgan fingerprint density at radius 1 is 0.943 bits per heavy atom. The molecule has 1 aliphatic rings. The summed E-state index contributed by atoms with van der Waals surface area (Å²) in [5, 5.41) is 0. The molecule has 4 rings (SSSR count). The van der Waals surface area contributed by atoms with E-state index in [4.69, 9.17) is 9.47 Å². The fourth-order valence-electron chi connectivity index (χ4n) is 4.09. The van der Waals surface area contributed by atoms with Crippen LogP contribution < -0.4 is 4.90 Å². The summed E-state index contributed by atoms with van der Waals surface area (Å²) >= 11 is 0. The average Bonchev–Trinajstić information content (AvgIpc) is 3.28. The largest absolute Gasteiger partial charge is 0.454 e. The highest BCUT2D eigenvalue weighted by Gasteiger charge is 2.37. The molecular weight excluding hydrogens is 455 g/mol. The van der Waals surface area contributed by atoms with E-state index in [2.05, 4.69) is 0 Å². The third-order valence-corrected chi connectivity index (χ3v) is 5.93. The Bertz CT molecular complexity index is 1340. The first kappa shape index (κ1) is 24.0. The molecule has 0 N–H and O–H groups in total. The second kappa shape index (κ2) is 9.63. The van der Waals surface area contributed by atoms with Crippen LogP contribution in [-0.2, 0) is 16.0 Å². The van der Waals surface area contributed by atoms with Crippen LogP contribution >= 0.6 is 0 Å². The number of aryl methyl sites for hydroxylation is 1. The first-order valence-corrected chi connectivity index (χ1v) is 10.9. The van der Waals surface area contributed by atoms with Gasteiger partial charge < -0.3 is 14.0 Å². The Labute approximate surface area is 200 Å². The molecule has 0 spiro atoms. The number of halogens is 1. The SMILES string of the molecule is COCCn1c(C)cc(C(=O)COC(=O)c2ccc3c(c2)C(=O)N(c2ccc(F)cc2)C3=O)c1C. The van der Waals surface area contributed by atoms with Gasteiger partial charge in [-0.05, 0) is 62.4 Å². The fourth-order valence-corrected chi connectivity index (χ4v) is 4.09. The van der Waals surface area contributed by atoms with E-state index in [1.54, 1.807) is 13.2 Å². The number of hydrogen-bond donors (Lipinski definition) is 0. The Hall–Kier alpha value is -4.11. The molecule has 2 amide bonds. The summed E-state index contributed by atoms with van der Waals surface area (Å²) in [6, 6.07) is 10.7. The molecule has 0 unspecified atom stereocenters. The van der Waals surface area contributed by atoms with Crippen LogP contribution in [0.3, 0.4) is 0 Å². The lowest BCUT2D eigenvalue weighted by Crippen LogP contribution is -2.29. The minimum absolute atomic E-state index is 0.0294. The number of ketones is 1. The predicted molar refractivity (Wildman–Crippen MR) is 124 cm³/mol. The molecule has 3 aromatic rings. The van der Waals surface area contributed by atoms with Crippen molar-refractivity contribution < 1.29 is 33.0 Å². The Balaban J connectivity index is 1.47.